The Balaban J connectivity index is 2.75. The summed E-state index contributed by atoms with van der Waals surface area (Å²) in [6.45, 7) is 0. The number of hydrogen-bond acceptors (Lipinski definition) is 3. The third-order valence-electron chi connectivity index (χ3n) is 0.948. The highest BCUT2D eigenvalue weighted by atomic mass is 32.2. The molecule has 1 rings (SSSR count). The number of furan rings is 1. The molecule has 4 nitrogen and oxygen atoms in total. The fourth-order valence-corrected chi connectivity index (χ4v) is 1.24. The Morgan fingerprint density at radius 3 is 2.70 bits per heavy atom. The molecule has 0 amide bonds. The van der Waals surface area contributed by atoms with Gasteiger partial charge in [-0.2, -0.15) is 0 Å². The van der Waals surface area contributed by atoms with Crippen molar-refractivity contribution >= 4 is 10.0 Å². The van der Waals surface area contributed by atoms with E-state index < -0.39 is 10.0 Å². The molecule has 0 bridgehead atoms. The van der Waals surface area contributed by atoms with Crippen molar-refractivity contribution in [2.24, 2.45) is 5.14 Å². The Morgan fingerprint density at radius 1 is 1.60 bits per heavy atom. The highest BCUT2D eigenvalue weighted by Crippen LogP contribution is 2.02. The van der Waals surface area contributed by atoms with E-state index in [4.69, 9.17) is 5.14 Å². The monoisotopic (exact) mass is 161 g/mol. The molecular formula is C5H7NO3S. The van der Waals surface area contributed by atoms with E-state index in [1.165, 1.54) is 12.5 Å². The van der Waals surface area contributed by atoms with Gasteiger partial charge in [-0.25, -0.2) is 13.6 Å². The maximum absolute atomic E-state index is 10.4. The van der Waals surface area contributed by atoms with Crippen molar-refractivity contribution < 1.29 is 12.8 Å². The predicted octanol–water partition coefficient (Wildman–Crippen LogP) is 0.0681. The molecule has 1 aromatic rings. The molecule has 0 aromatic carbocycles. The zero-order chi connectivity index (χ0) is 7.61. The fraction of sp³-hybridized carbons (Fsp3) is 0.200. The molecule has 0 aliphatic rings. The first-order valence-electron chi connectivity index (χ1n) is 2.59. The van der Waals surface area contributed by atoms with E-state index in [-0.39, 0.29) is 5.75 Å². The van der Waals surface area contributed by atoms with Gasteiger partial charge in [-0.1, -0.05) is 0 Å². The summed E-state index contributed by atoms with van der Waals surface area (Å²) < 4.78 is 25.5. The predicted molar refractivity (Wildman–Crippen MR) is 35.5 cm³/mol. The van der Waals surface area contributed by atoms with Crippen molar-refractivity contribution in [3.63, 3.8) is 0 Å². The van der Waals surface area contributed by atoms with Gasteiger partial charge in [0.2, 0.25) is 10.0 Å². The van der Waals surface area contributed by atoms with Crippen molar-refractivity contribution in [3.05, 3.63) is 24.2 Å². The van der Waals surface area contributed by atoms with Crippen LogP contribution in [-0.4, -0.2) is 8.42 Å². The number of nitrogens with two attached hydrogens (primary N) is 1. The summed E-state index contributed by atoms with van der Waals surface area (Å²) >= 11 is 0. The first-order valence-corrected chi connectivity index (χ1v) is 4.31. The van der Waals surface area contributed by atoms with Gasteiger partial charge >= 0.3 is 0 Å². The number of rotatable bonds is 2. The lowest BCUT2D eigenvalue weighted by molar-refractivity contribution is 0.563. The number of hydrogen-bond donors (Lipinski definition) is 1. The van der Waals surface area contributed by atoms with Crippen molar-refractivity contribution in [3.8, 4) is 0 Å². The molecule has 10 heavy (non-hydrogen) atoms. The quantitative estimate of drug-likeness (QED) is 0.667. The molecule has 0 aliphatic heterocycles. The third-order valence-corrected chi connectivity index (χ3v) is 1.68. The van der Waals surface area contributed by atoms with E-state index in [0.717, 1.165) is 0 Å². The van der Waals surface area contributed by atoms with Crippen LogP contribution in [0.4, 0.5) is 0 Å². The van der Waals surface area contributed by atoms with E-state index in [9.17, 15) is 8.42 Å². The van der Waals surface area contributed by atoms with Crippen LogP contribution in [0.2, 0.25) is 0 Å². The molecule has 0 spiro atoms. The van der Waals surface area contributed by atoms with Crippen LogP contribution in [0, 0.1) is 0 Å². The second kappa shape index (κ2) is 2.43. The summed E-state index contributed by atoms with van der Waals surface area (Å²) in [6.07, 6.45) is 2.75. The number of sulfonamides is 1. The molecule has 0 saturated heterocycles. The largest absolute Gasteiger partial charge is 0.472 e. The van der Waals surface area contributed by atoms with Crippen molar-refractivity contribution in [2.45, 2.75) is 5.75 Å². The van der Waals surface area contributed by atoms with Gasteiger partial charge in [0.15, 0.2) is 0 Å². The molecule has 0 radical (unpaired) electrons. The molecule has 1 heterocycles. The molecule has 0 aliphatic carbocycles. The summed E-state index contributed by atoms with van der Waals surface area (Å²) in [4.78, 5) is 0. The third kappa shape index (κ3) is 2.20. The standard InChI is InChI=1S/C5H7NO3S/c6-10(7,8)4-5-1-2-9-3-5/h1-3H,4H2,(H2,6,7,8). The lowest BCUT2D eigenvalue weighted by Gasteiger charge is -1.90. The summed E-state index contributed by atoms with van der Waals surface area (Å²) in [6, 6.07) is 1.56. The molecule has 0 atom stereocenters. The summed E-state index contributed by atoms with van der Waals surface area (Å²) in [7, 11) is -3.41. The lowest BCUT2D eigenvalue weighted by Crippen LogP contribution is -2.13. The SMILES string of the molecule is NS(=O)(=O)Cc1ccoc1. The minimum absolute atomic E-state index is 0.163. The Hall–Kier alpha value is -0.810. The molecule has 1 aromatic heterocycles. The highest BCUT2D eigenvalue weighted by Gasteiger charge is 2.04. The molecule has 0 saturated carbocycles. The van der Waals surface area contributed by atoms with Gasteiger partial charge < -0.3 is 4.42 Å². The summed E-state index contributed by atoms with van der Waals surface area (Å²) in [5.41, 5.74) is 0.572. The van der Waals surface area contributed by atoms with Gasteiger partial charge in [-0.3, -0.25) is 0 Å². The fourth-order valence-electron chi connectivity index (χ4n) is 0.607. The Morgan fingerprint density at radius 2 is 2.30 bits per heavy atom. The molecule has 0 fully saturated rings. The molecule has 5 heteroatoms. The molecule has 2 N–H and O–H groups in total. The van der Waals surface area contributed by atoms with Crippen molar-refractivity contribution in [1.29, 1.82) is 0 Å². The Bertz CT molecular complexity index is 287. The van der Waals surface area contributed by atoms with Crippen LogP contribution in [-0.2, 0) is 15.8 Å². The van der Waals surface area contributed by atoms with Crippen molar-refractivity contribution in [1.82, 2.24) is 0 Å². The minimum atomic E-state index is -3.41. The van der Waals surface area contributed by atoms with Crippen LogP contribution in [0.1, 0.15) is 5.56 Å². The van der Waals surface area contributed by atoms with Gasteiger partial charge in [0.25, 0.3) is 0 Å². The smallest absolute Gasteiger partial charge is 0.213 e. The van der Waals surface area contributed by atoms with Gasteiger partial charge in [-0.05, 0) is 6.07 Å². The van der Waals surface area contributed by atoms with E-state index in [1.54, 1.807) is 6.07 Å². The first kappa shape index (κ1) is 7.30. The van der Waals surface area contributed by atoms with Gasteiger partial charge in [-0.15, -0.1) is 0 Å². The van der Waals surface area contributed by atoms with Crippen LogP contribution in [0.5, 0.6) is 0 Å². The molecular weight excluding hydrogens is 154 g/mol. The van der Waals surface area contributed by atoms with Crippen LogP contribution in [0.25, 0.3) is 0 Å². The van der Waals surface area contributed by atoms with Crippen LogP contribution >= 0.6 is 0 Å². The Kier molecular flexibility index (Phi) is 1.78. The van der Waals surface area contributed by atoms with Gasteiger partial charge in [0, 0.05) is 5.56 Å². The molecule has 56 valence electrons. The van der Waals surface area contributed by atoms with Crippen LogP contribution in [0.3, 0.4) is 0 Å². The first-order chi connectivity index (χ1) is 4.58. The topological polar surface area (TPSA) is 73.3 Å². The zero-order valence-corrected chi connectivity index (χ0v) is 5.97. The van der Waals surface area contributed by atoms with Gasteiger partial charge in [0.1, 0.15) is 0 Å². The summed E-state index contributed by atoms with van der Waals surface area (Å²) in [5.74, 6) is -0.163. The average molecular weight is 161 g/mol. The van der Waals surface area contributed by atoms with E-state index in [1.807, 2.05) is 0 Å². The second-order valence-electron chi connectivity index (χ2n) is 1.94. The summed E-state index contributed by atoms with van der Waals surface area (Å²) in [5, 5.41) is 4.76. The maximum atomic E-state index is 10.4. The lowest BCUT2D eigenvalue weighted by atomic mass is 10.4. The van der Waals surface area contributed by atoms with Crippen LogP contribution < -0.4 is 5.14 Å². The van der Waals surface area contributed by atoms with Gasteiger partial charge in [0.05, 0.1) is 18.3 Å². The van der Waals surface area contributed by atoms with E-state index in [0.29, 0.717) is 5.56 Å². The van der Waals surface area contributed by atoms with E-state index >= 15 is 0 Å². The van der Waals surface area contributed by atoms with Crippen LogP contribution in [0.15, 0.2) is 23.0 Å². The highest BCUT2D eigenvalue weighted by molar-refractivity contribution is 7.88. The Labute approximate surface area is 58.7 Å². The minimum Gasteiger partial charge on any atom is -0.472 e. The maximum Gasteiger partial charge on any atom is 0.213 e. The molecule has 0 unspecified atom stereocenters. The average Bonchev–Trinajstić information content (AvgIpc) is 2.12. The second-order valence-corrected chi connectivity index (χ2v) is 3.55. The van der Waals surface area contributed by atoms with E-state index in [2.05, 4.69) is 4.42 Å². The normalized spacial score (nSPS) is 11.7. The van der Waals surface area contributed by atoms with Crippen molar-refractivity contribution in [2.75, 3.05) is 0 Å². The zero-order valence-electron chi connectivity index (χ0n) is 5.15. The number of primary sulfonamides is 1.